The van der Waals surface area contributed by atoms with E-state index in [0.29, 0.717) is 12.0 Å². The van der Waals surface area contributed by atoms with Crippen LogP contribution in [0.15, 0.2) is 47.1 Å². The van der Waals surface area contributed by atoms with Gasteiger partial charge in [-0.25, -0.2) is 4.98 Å². The predicted molar refractivity (Wildman–Crippen MR) is 90.9 cm³/mol. The maximum absolute atomic E-state index is 12.4. The minimum atomic E-state index is 0.0832. The van der Waals surface area contributed by atoms with Gasteiger partial charge in [0.05, 0.1) is 0 Å². The Morgan fingerprint density at radius 2 is 2.05 bits per heavy atom. The summed E-state index contributed by atoms with van der Waals surface area (Å²) in [7, 11) is 0. The van der Waals surface area contributed by atoms with Crippen molar-refractivity contribution in [1.29, 1.82) is 0 Å². The highest BCUT2D eigenvalue weighted by atomic mass is 79.9. The monoisotopic (exact) mass is 406 g/mol. The lowest BCUT2D eigenvalue weighted by Crippen LogP contribution is -2.04. The number of pyridine rings is 1. The van der Waals surface area contributed by atoms with Crippen LogP contribution in [-0.2, 0) is 11.8 Å². The molecule has 0 fully saturated rings. The standard InChI is InChI=1S/C16H12Br2N2O/c17-8-12-7-11-5-10(9-19-16(11)20-12)6-15(21)13-3-1-2-4-14(13)18/h1-5,7,9H,6,8H2,(H,19,20). The van der Waals surface area contributed by atoms with Crippen molar-refractivity contribution in [2.45, 2.75) is 11.8 Å². The van der Waals surface area contributed by atoms with Gasteiger partial charge in [0, 0.05) is 39.1 Å². The second-order valence-corrected chi connectivity index (χ2v) is 6.20. The van der Waals surface area contributed by atoms with Gasteiger partial charge in [-0.3, -0.25) is 4.79 Å². The molecule has 0 bridgehead atoms. The normalized spacial score (nSPS) is 11.0. The van der Waals surface area contributed by atoms with Gasteiger partial charge in [0.2, 0.25) is 0 Å². The molecule has 3 nitrogen and oxygen atoms in total. The molecule has 0 aliphatic heterocycles. The summed E-state index contributed by atoms with van der Waals surface area (Å²) in [6.45, 7) is 0. The molecule has 2 aromatic heterocycles. The topological polar surface area (TPSA) is 45.8 Å². The number of ketones is 1. The Hall–Kier alpha value is -1.46. The van der Waals surface area contributed by atoms with Gasteiger partial charge >= 0.3 is 0 Å². The summed E-state index contributed by atoms with van der Waals surface area (Å²) in [5.41, 5.74) is 3.55. The fourth-order valence-corrected chi connectivity index (χ4v) is 3.06. The number of aromatic nitrogens is 2. The van der Waals surface area contributed by atoms with Crippen LogP contribution in [0.5, 0.6) is 0 Å². The summed E-state index contributed by atoms with van der Waals surface area (Å²) in [5.74, 6) is 0.0832. The smallest absolute Gasteiger partial charge is 0.168 e. The minimum Gasteiger partial charge on any atom is -0.342 e. The van der Waals surface area contributed by atoms with E-state index in [1.807, 2.05) is 36.4 Å². The number of hydrogen-bond acceptors (Lipinski definition) is 2. The molecular weight excluding hydrogens is 396 g/mol. The molecule has 0 amide bonds. The molecular formula is C16H12Br2N2O. The molecule has 0 saturated carbocycles. The van der Waals surface area contributed by atoms with Crippen molar-refractivity contribution in [3.05, 3.63) is 63.9 Å². The van der Waals surface area contributed by atoms with E-state index in [9.17, 15) is 4.79 Å². The first-order valence-corrected chi connectivity index (χ1v) is 8.39. The lowest BCUT2D eigenvalue weighted by Gasteiger charge is -2.03. The number of aromatic amines is 1. The van der Waals surface area contributed by atoms with Crippen molar-refractivity contribution in [3.63, 3.8) is 0 Å². The second kappa shape index (κ2) is 6.12. The third-order valence-electron chi connectivity index (χ3n) is 3.27. The van der Waals surface area contributed by atoms with Gasteiger partial charge in [0.15, 0.2) is 5.78 Å². The number of hydrogen-bond donors (Lipinski definition) is 1. The van der Waals surface area contributed by atoms with E-state index in [2.05, 4.69) is 41.8 Å². The number of Topliss-reactive ketones (excluding diaryl/α,β-unsaturated/α-hetero) is 1. The Labute approximate surface area is 139 Å². The molecule has 106 valence electrons. The predicted octanol–water partition coefficient (Wildman–Crippen LogP) is 4.65. The first kappa shape index (κ1) is 14.5. The van der Waals surface area contributed by atoms with Crippen molar-refractivity contribution < 1.29 is 4.79 Å². The van der Waals surface area contributed by atoms with Gasteiger partial charge in [-0.1, -0.05) is 50.1 Å². The number of nitrogens with zero attached hydrogens (tertiary/aromatic N) is 1. The molecule has 21 heavy (non-hydrogen) atoms. The van der Waals surface area contributed by atoms with E-state index in [4.69, 9.17) is 0 Å². The number of nitrogens with one attached hydrogen (secondary N) is 1. The largest absolute Gasteiger partial charge is 0.342 e. The third kappa shape index (κ3) is 3.09. The molecule has 5 heteroatoms. The zero-order chi connectivity index (χ0) is 14.8. The van der Waals surface area contributed by atoms with E-state index in [1.165, 1.54) is 0 Å². The minimum absolute atomic E-state index is 0.0832. The van der Waals surface area contributed by atoms with Gasteiger partial charge in [0.25, 0.3) is 0 Å². The van der Waals surface area contributed by atoms with Gasteiger partial charge in [0.1, 0.15) is 5.65 Å². The number of rotatable bonds is 4. The van der Waals surface area contributed by atoms with Crippen LogP contribution < -0.4 is 0 Å². The number of carbonyl (C=O) groups excluding carboxylic acids is 1. The molecule has 1 aromatic carbocycles. The van der Waals surface area contributed by atoms with Gasteiger partial charge in [-0.2, -0.15) is 0 Å². The lowest BCUT2D eigenvalue weighted by molar-refractivity contribution is 0.0992. The van der Waals surface area contributed by atoms with Crippen molar-refractivity contribution >= 4 is 48.7 Å². The third-order valence-corrected chi connectivity index (χ3v) is 4.56. The highest BCUT2D eigenvalue weighted by Crippen LogP contribution is 2.20. The van der Waals surface area contributed by atoms with Crippen LogP contribution in [0.1, 0.15) is 21.6 Å². The average molecular weight is 408 g/mol. The van der Waals surface area contributed by atoms with Gasteiger partial charge < -0.3 is 4.98 Å². The number of alkyl halides is 1. The van der Waals surface area contributed by atoms with Gasteiger partial charge in [-0.15, -0.1) is 0 Å². The van der Waals surface area contributed by atoms with Crippen LogP contribution in [-0.4, -0.2) is 15.8 Å². The molecule has 0 aliphatic rings. The zero-order valence-electron chi connectivity index (χ0n) is 11.1. The molecule has 1 N–H and O–H groups in total. The fourth-order valence-electron chi connectivity index (χ4n) is 2.25. The maximum Gasteiger partial charge on any atom is 0.168 e. The van der Waals surface area contributed by atoms with Crippen LogP contribution >= 0.6 is 31.9 Å². The van der Waals surface area contributed by atoms with E-state index in [1.54, 1.807) is 6.20 Å². The number of halogens is 2. The van der Waals surface area contributed by atoms with E-state index in [0.717, 1.165) is 32.1 Å². The van der Waals surface area contributed by atoms with Gasteiger partial charge in [-0.05, 0) is 23.8 Å². The molecule has 0 aliphatic carbocycles. The van der Waals surface area contributed by atoms with E-state index >= 15 is 0 Å². The number of H-pyrrole nitrogens is 1. The number of benzene rings is 1. The molecule has 3 rings (SSSR count). The summed E-state index contributed by atoms with van der Waals surface area (Å²) in [6.07, 6.45) is 2.10. The van der Waals surface area contributed by atoms with Crippen molar-refractivity contribution in [2.24, 2.45) is 0 Å². The molecule has 2 heterocycles. The summed E-state index contributed by atoms with van der Waals surface area (Å²) < 4.78 is 0.826. The Morgan fingerprint density at radius 1 is 1.24 bits per heavy atom. The number of fused-ring (bicyclic) bond motifs is 1. The molecule has 0 unspecified atom stereocenters. The molecule has 0 spiro atoms. The highest BCUT2D eigenvalue weighted by Gasteiger charge is 2.11. The van der Waals surface area contributed by atoms with E-state index in [-0.39, 0.29) is 5.78 Å². The van der Waals surface area contributed by atoms with Crippen LogP contribution in [0.25, 0.3) is 11.0 Å². The summed E-state index contributed by atoms with van der Waals surface area (Å²) in [4.78, 5) is 20.0. The fraction of sp³-hybridized carbons (Fsp3) is 0.125. The average Bonchev–Trinajstić information content (AvgIpc) is 2.90. The lowest BCUT2D eigenvalue weighted by atomic mass is 10.0. The Bertz CT molecular complexity index is 811. The Balaban J connectivity index is 1.87. The van der Waals surface area contributed by atoms with Crippen molar-refractivity contribution in [3.8, 4) is 0 Å². The Kier molecular flexibility index (Phi) is 4.22. The van der Waals surface area contributed by atoms with Crippen LogP contribution in [0.4, 0.5) is 0 Å². The van der Waals surface area contributed by atoms with Crippen LogP contribution in [0.3, 0.4) is 0 Å². The Morgan fingerprint density at radius 3 is 2.81 bits per heavy atom. The zero-order valence-corrected chi connectivity index (χ0v) is 14.2. The second-order valence-electron chi connectivity index (χ2n) is 4.79. The molecule has 0 radical (unpaired) electrons. The summed E-state index contributed by atoms with van der Waals surface area (Å²) in [5, 5.41) is 1.79. The quantitative estimate of drug-likeness (QED) is 0.505. The highest BCUT2D eigenvalue weighted by molar-refractivity contribution is 9.10. The SMILES string of the molecule is O=C(Cc1cnc2[nH]c(CBr)cc2c1)c1ccccc1Br. The van der Waals surface area contributed by atoms with E-state index < -0.39 is 0 Å². The summed E-state index contributed by atoms with van der Waals surface area (Å²) in [6, 6.07) is 11.5. The maximum atomic E-state index is 12.4. The van der Waals surface area contributed by atoms with Crippen molar-refractivity contribution in [2.75, 3.05) is 0 Å². The first-order valence-electron chi connectivity index (χ1n) is 6.47. The van der Waals surface area contributed by atoms with Crippen LogP contribution in [0.2, 0.25) is 0 Å². The number of carbonyl (C=O) groups is 1. The molecule has 3 aromatic rings. The first-order chi connectivity index (χ1) is 10.2. The molecule has 0 atom stereocenters. The van der Waals surface area contributed by atoms with Crippen LogP contribution in [0, 0.1) is 0 Å². The van der Waals surface area contributed by atoms with Crippen molar-refractivity contribution in [1.82, 2.24) is 9.97 Å². The summed E-state index contributed by atoms with van der Waals surface area (Å²) >= 11 is 6.83. The molecule has 0 saturated heterocycles.